The second-order valence-corrected chi connectivity index (χ2v) is 6.37. The number of fused-ring (bicyclic) bond motifs is 2. The van der Waals surface area contributed by atoms with E-state index in [-0.39, 0.29) is 5.63 Å². The number of benzene rings is 1. The van der Waals surface area contributed by atoms with E-state index < -0.39 is 0 Å². The molecular weight excluding hydrogens is 314 g/mol. The Morgan fingerprint density at radius 1 is 1.24 bits per heavy atom. The van der Waals surface area contributed by atoms with Gasteiger partial charge in [-0.3, -0.25) is 0 Å². The van der Waals surface area contributed by atoms with Crippen LogP contribution in [-0.4, -0.2) is 23.1 Å². The van der Waals surface area contributed by atoms with Crippen molar-refractivity contribution in [1.82, 2.24) is 9.97 Å². The van der Waals surface area contributed by atoms with Gasteiger partial charge >= 0.3 is 5.63 Å². The lowest BCUT2D eigenvalue weighted by molar-refractivity contribution is 0.562. The molecule has 1 aliphatic rings. The maximum absolute atomic E-state index is 12.5. The summed E-state index contributed by atoms with van der Waals surface area (Å²) in [4.78, 5) is 22.5. The fraction of sp³-hybridized carbons (Fsp3) is 0.300. The summed E-state index contributed by atoms with van der Waals surface area (Å²) in [5, 5.41) is 0.894. The second-order valence-electron chi connectivity index (χ2n) is 6.37. The lowest BCUT2D eigenvalue weighted by Crippen LogP contribution is -2.21. The third-order valence-corrected chi connectivity index (χ3v) is 4.86. The molecule has 1 unspecified atom stereocenters. The highest BCUT2D eigenvalue weighted by molar-refractivity contribution is 5.84. The van der Waals surface area contributed by atoms with Crippen molar-refractivity contribution in [3.8, 4) is 11.4 Å². The zero-order chi connectivity index (χ0) is 17.6. The van der Waals surface area contributed by atoms with Crippen LogP contribution in [0.4, 0.5) is 5.69 Å². The van der Waals surface area contributed by atoms with Crippen molar-refractivity contribution < 1.29 is 4.42 Å². The molecule has 0 radical (unpaired) electrons. The Bertz CT molecular complexity index is 1030. The van der Waals surface area contributed by atoms with Crippen LogP contribution >= 0.6 is 0 Å². The maximum Gasteiger partial charge on any atom is 0.347 e. The fourth-order valence-electron chi connectivity index (χ4n) is 3.38. The van der Waals surface area contributed by atoms with Gasteiger partial charge in [-0.1, -0.05) is 13.0 Å². The Balaban J connectivity index is 1.80. The van der Waals surface area contributed by atoms with Crippen LogP contribution in [0.5, 0.6) is 0 Å². The summed E-state index contributed by atoms with van der Waals surface area (Å²) >= 11 is 0. The van der Waals surface area contributed by atoms with Crippen LogP contribution in [0, 0.1) is 0 Å². The number of hydrogen-bond acceptors (Lipinski definition) is 4. The Morgan fingerprint density at radius 2 is 2.04 bits per heavy atom. The minimum Gasteiger partial charge on any atom is -0.422 e. The average molecular weight is 335 g/mol. The van der Waals surface area contributed by atoms with E-state index in [0.717, 1.165) is 35.6 Å². The molecular formula is C20H21N3O2. The second kappa shape index (κ2) is 5.92. The molecule has 2 aromatic heterocycles. The SMILES string of the molecule is CCN(CC)c1ccc2cc(-c3nc4c([nH]3)C(C)C=C4)c(=O)oc2c1. The molecule has 5 nitrogen and oxygen atoms in total. The number of hydrogen-bond donors (Lipinski definition) is 1. The summed E-state index contributed by atoms with van der Waals surface area (Å²) in [6, 6.07) is 7.84. The topological polar surface area (TPSA) is 62.1 Å². The highest BCUT2D eigenvalue weighted by atomic mass is 16.4. The maximum atomic E-state index is 12.5. The number of H-pyrrole nitrogens is 1. The molecule has 1 aliphatic carbocycles. The van der Waals surface area contributed by atoms with Crippen molar-refractivity contribution in [2.45, 2.75) is 26.7 Å². The van der Waals surface area contributed by atoms with Crippen LogP contribution in [0.1, 0.15) is 38.1 Å². The van der Waals surface area contributed by atoms with E-state index in [4.69, 9.17) is 4.42 Å². The van der Waals surface area contributed by atoms with Gasteiger partial charge in [0.2, 0.25) is 0 Å². The van der Waals surface area contributed by atoms with Gasteiger partial charge in [0.15, 0.2) is 0 Å². The number of aromatic nitrogens is 2. The van der Waals surface area contributed by atoms with Crippen molar-refractivity contribution in [3.05, 3.63) is 52.1 Å². The van der Waals surface area contributed by atoms with E-state index in [0.29, 0.717) is 22.9 Å². The molecule has 2 heterocycles. The van der Waals surface area contributed by atoms with Gasteiger partial charge in [0.05, 0.1) is 5.69 Å². The Hall–Kier alpha value is -2.82. The lowest BCUT2D eigenvalue weighted by atomic mass is 10.1. The molecule has 25 heavy (non-hydrogen) atoms. The van der Waals surface area contributed by atoms with Crippen LogP contribution < -0.4 is 10.5 Å². The number of imidazole rings is 1. The zero-order valence-corrected chi connectivity index (χ0v) is 14.7. The molecule has 3 aromatic rings. The van der Waals surface area contributed by atoms with Crippen molar-refractivity contribution in [1.29, 1.82) is 0 Å². The summed E-state index contributed by atoms with van der Waals surface area (Å²) in [6.45, 7) is 8.14. The third-order valence-electron chi connectivity index (χ3n) is 4.86. The number of nitrogens with zero attached hydrogens (tertiary/aromatic N) is 2. The molecule has 0 saturated carbocycles. The highest BCUT2D eigenvalue weighted by Crippen LogP contribution is 2.30. The predicted molar refractivity (Wildman–Crippen MR) is 101 cm³/mol. The molecule has 5 heteroatoms. The van der Waals surface area contributed by atoms with Crippen LogP contribution in [0.2, 0.25) is 0 Å². The first-order valence-electron chi connectivity index (χ1n) is 8.72. The van der Waals surface area contributed by atoms with Gasteiger partial charge < -0.3 is 14.3 Å². The first-order valence-corrected chi connectivity index (χ1v) is 8.72. The summed E-state index contributed by atoms with van der Waals surface area (Å²) < 4.78 is 5.59. The molecule has 0 fully saturated rings. The summed E-state index contributed by atoms with van der Waals surface area (Å²) in [6.07, 6.45) is 4.08. The zero-order valence-electron chi connectivity index (χ0n) is 14.7. The molecule has 0 bridgehead atoms. The van der Waals surface area contributed by atoms with Crippen molar-refractivity contribution in [2.24, 2.45) is 0 Å². The first-order chi connectivity index (χ1) is 12.1. The number of nitrogens with one attached hydrogen (secondary N) is 1. The largest absolute Gasteiger partial charge is 0.422 e. The van der Waals surface area contributed by atoms with Gasteiger partial charge in [-0.15, -0.1) is 0 Å². The Labute approximate surface area is 146 Å². The summed E-state index contributed by atoms with van der Waals surface area (Å²) in [7, 11) is 0. The van der Waals surface area contributed by atoms with E-state index in [1.807, 2.05) is 24.3 Å². The lowest BCUT2D eigenvalue weighted by Gasteiger charge is -2.20. The molecule has 128 valence electrons. The fourth-order valence-corrected chi connectivity index (χ4v) is 3.38. The quantitative estimate of drug-likeness (QED) is 0.727. The van der Waals surface area contributed by atoms with Gasteiger partial charge in [0.1, 0.15) is 17.0 Å². The molecule has 1 aromatic carbocycles. The van der Waals surface area contributed by atoms with Crippen LogP contribution in [0.25, 0.3) is 28.4 Å². The first kappa shape index (κ1) is 15.7. The van der Waals surface area contributed by atoms with E-state index in [1.54, 1.807) is 0 Å². The number of aromatic amines is 1. The van der Waals surface area contributed by atoms with E-state index in [2.05, 4.69) is 47.8 Å². The molecule has 1 atom stereocenters. The van der Waals surface area contributed by atoms with Gasteiger partial charge in [0, 0.05) is 41.8 Å². The summed E-state index contributed by atoms with van der Waals surface area (Å²) in [5.74, 6) is 0.866. The van der Waals surface area contributed by atoms with E-state index in [1.165, 1.54) is 0 Å². The minimum absolute atomic E-state index is 0.292. The van der Waals surface area contributed by atoms with Crippen molar-refractivity contribution in [3.63, 3.8) is 0 Å². The predicted octanol–water partition coefficient (Wildman–Crippen LogP) is 4.16. The Kier molecular flexibility index (Phi) is 3.71. The minimum atomic E-state index is -0.367. The van der Waals surface area contributed by atoms with Gasteiger partial charge in [-0.25, -0.2) is 9.78 Å². The average Bonchev–Trinajstić information content (AvgIpc) is 3.17. The standard InChI is InChI=1S/C20H21N3O2/c1-4-23(5-2)14-8-7-13-10-15(20(24)25-17(13)11-14)19-21-16-9-6-12(3)18(16)22-19/h6-12H,4-5H2,1-3H3,(H,21,22). The molecule has 0 aliphatic heterocycles. The molecule has 0 amide bonds. The van der Waals surface area contributed by atoms with Crippen LogP contribution in [0.3, 0.4) is 0 Å². The van der Waals surface area contributed by atoms with E-state index in [9.17, 15) is 4.79 Å². The smallest absolute Gasteiger partial charge is 0.347 e. The van der Waals surface area contributed by atoms with Crippen molar-refractivity contribution >= 4 is 22.7 Å². The molecule has 1 N–H and O–H groups in total. The number of rotatable bonds is 4. The molecule has 0 spiro atoms. The van der Waals surface area contributed by atoms with E-state index >= 15 is 0 Å². The summed E-state index contributed by atoms with van der Waals surface area (Å²) in [5.41, 5.74) is 3.71. The van der Waals surface area contributed by atoms with Gasteiger partial charge in [0.25, 0.3) is 0 Å². The number of allylic oxidation sites excluding steroid dienone is 1. The van der Waals surface area contributed by atoms with Gasteiger partial charge in [-0.2, -0.15) is 0 Å². The molecule has 0 saturated heterocycles. The number of anilines is 1. The van der Waals surface area contributed by atoms with Crippen molar-refractivity contribution in [2.75, 3.05) is 18.0 Å². The highest BCUT2D eigenvalue weighted by Gasteiger charge is 2.20. The normalized spacial score (nSPS) is 15.7. The van der Waals surface area contributed by atoms with Crippen LogP contribution in [0.15, 0.2) is 39.6 Å². The monoisotopic (exact) mass is 335 g/mol. The Morgan fingerprint density at radius 3 is 2.76 bits per heavy atom. The third kappa shape index (κ3) is 2.56. The van der Waals surface area contributed by atoms with Gasteiger partial charge in [-0.05, 0) is 38.1 Å². The van der Waals surface area contributed by atoms with Crippen LogP contribution in [-0.2, 0) is 0 Å². The molecule has 4 rings (SSSR count).